The van der Waals surface area contributed by atoms with Crippen LogP contribution in [0.2, 0.25) is 5.02 Å². The lowest BCUT2D eigenvalue weighted by Gasteiger charge is -2.51. The lowest BCUT2D eigenvalue weighted by Crippen LogP contribution is -2.67. The number of carbonyl (C=O) groups excluding carboxylic acids is 2. The maximum atomic E-state index is 13.4. The van der Waals surface area contributed by atoms with Crippen LogP contribution in [-0.2, 0) is 9.59 Å². The van der Waals surface area contributed by atoms with Gasteiger partial charge in [-0.05, 0) is 50.5 Å². The Balaban J connectivity index is 1.47. The number of nitrogens with zero attached hydrogens (tertiary/aromatic N) is 3. The van der Waals surface area contributed by atoms with Crippen LogP contribution in [0.3, 0.4) is 0 Å². The van der Waals surface area contributed by atoms with Gasteiger partial charge in [-0.15, -0.1) is 0 Å². The average Bonchev–Trinajstić information content (AvgIpc) is 2.85. The Hall–Kier alpha value is -2.81. The minimum absolute atomic E-state index is 0.0106. The molecule has 0 unspecified atom stereocenters. The molecule has 9 heteroatoms. The predicted molar refractivity (Wildman–Crippen MR) is 145 cm³/mol. The van der Waals surface area contributed by atoms with E-state index in [9.17, 15) is 14.0 Å². The van der Waals surface area contributed by atoms with Crippen molar-refractivity contribution in [1.82, 2.24) is 20.5 Å². The number of benzene rings is 1. The molecule has 4 rings (SSSR count). The van der Waals surface area contributed by atoms with Crippen molar-refractivity contribution < 1.29 is 14.0 Å². The average molecular weight is 528 g/mol. The number of nitrogens with one attached hydrogen (secondary N) is 2. The zero-order chi connectivity index (χ0) is 26.7. The van der Waals surface area contributed by atoms with Crippen LogP contribution in [0, 0.1) is 17.7 Å². The topological polar surface area (TPSA) is 77.6 Å². The number of amides is 2. The van der Waals surface area contributed by atoms with Crippen LogP contribution in [-0.4, -0.2) is 59.5 Å². The molecule has 2 N–H and O–H groups in total. The van der Waals surface area contributed by atoms with Crippen molar-refractivity contribution in [3.63, 3.8) is 0 Å². The SMILES string of the molecule is CC(C)/C=C(/NC(=O)[C@@H]1CNC[C@H](N2CC(=O)N(c3ccccc3Cl)CC2(C)C)C1)c1ccc(F)cn1. The number of pyridine rings is 1. The zero-order valence-electron chi connectivity index (χ0n) is 21.8. The highest BCUT2D eigenvalue weighted by molar-refractivity contribution is 6.33. The maximum absolute atomic E-state index is 13.4. The Labute approximate surface area is 223 Å². The number of hydrogen-bond acceptors (Lipinski definition) is 5. The summed E-state index contributed by atoms with van der Waals surface area (Å²) in [4.78, 5) is 34.7. The minimum atomic E-state index is -0.426. The van der Waals surface area contributed by atoms with Crippen LogP contribution in [0.4, 0.5) is 10.1 Å². The van der Waals surface area contributed by atoms with Gasteiger partial charge in [0.05, 0.1) is 40.8 Å². The fourth-order valence-corrected chi connectivity index (χ4v) is 5.41. The van der Waals surface area contributed by atoms with Crippen LogP contribution >= 0.6 is 11.6 Å². The summed E-state index contributed by atoms with van der Waals surface area (Å²) in [5.41, 5.74) is 1.50. The molecule has 2 aliphatic rings. The molecule has 2 saturated heterocycles. The maximum Gasteiger partial charge on any atom is 0.241 e. The number of allylic oxidation sites excluding steroid dienone is 1. The number of piperazine rings is 1. The van der Waals surface area contributed by atoms with Crippen LogP contribution in [0.1, 0.15) is 39.8 Å². The smallest absolute Gasteiger partial charge is 0.241 e. The quantitative estimate of drug-likeness (QED) is 0.591. The summed E-state index contributed by atoms with van der Waals surface area (Å²) < 4.78 is 13.4. The fourth-order valence-electron chi connectivity index (χ4n) is 5.18. The van der Waals surface area contributed by atoms with Crippen molar-refractivity contribution in [2.45, 2.75) is 45.7 Å². The van der Waals surface area contributed by atoms with Gasteiger partial charge in [0, 0.05) is 31.2 Å². The summed E-state index contributed by atoms with van der Waals surface area (Å²) in [6.45, 7) is 10.2. The van der Waals surface area contributed by atoms with Crippen LogP contribution < -0.4 is 15.5 Å². The van der Waals surface area contributed by atoms with E-state index in [1.807, 2.05) is 38.1 Å². The standard InChI is InChI=1S/C28H35ClFN5O2/c1-18(2)11-24(23-10-9-20(30)14-32-23)33-27(37)19-12-21(15-31-13-19)35-16-26(36)34(17-28(35,3)4)25-8-6-5-7-22(25)29/h5-11,14,18-19,21,31H,12-13,15-17H2,1-4H3,(H,33,37)/b24-11+/t19-,21+/m0/s1. The largest absolute Gasteiger partial charge is 0.324 e. The molecule has 37 heavy (non-hydrogen) atoms. The van der Waals surface area contributed by atoms with Gasteiger partial charge in [0.2, 0.25) is 11.8 Å². The van der Waals surface area contributed by atoms with Crippen LogP contribution in [0.25, 0.3) is 5.70 Å². The van der Waals surface area contributed by atoms with E-state index in [1.54, 1.807) is 17.0 Å². The zero-order valence-corrected chi connectivity index (χ0v) is 22.6. The summed E-state index contributed by atoms with van der Waals surface area (Å²) in [5.74, 6) is -0.675. The first-order valence-corrected chi connectivity index (χ1v) is 13.1. The van der Waals surface area contributed by atoms with E-state index in [0.717, 1.165) is 11.9 Å². The summed E-state index contributed by atoms with van der Waals surface area (Å²) in [6.07, 6.45) is 3.68. The van der Waals surface area contributed by atoms with Crippen LogP contribution in [0.15, 0.2) is 48.7 Å². The molecule has 0 bridgehead atoms. The first kappa shape index (κ1) is 27.2. The highest BCUT2D eigenvalue weighted by Crippen LogP contribution is 2.33. The Bertz CT molecular complexity index is 1170. The second-order valence-electron chi connectivity index (χ2n) is 10.8. The summed E-state index contributed by atoms with van der Waals surface area (Å²) in [7, 11) is 0. The molecule has 2 aromatic rings. The van der Waals surface area contributed by atoms with Crippen molar-refractivity contribution >= 4 is 34.8 Å². The summed E-state index contributed by atoms with van der Waals surface area (Å²) in [5, 5.41) is 6.98. The van der Waals surface area contributed by atoms with Gasteiger partial charge < -0.3 is 15.5 Å². The third kappa shape index (κ3) is 6.37. The van der Waals surface area contributed by atoms with E-state index in [1.165, 1.54) is 6.07 Å². The highest BCUT2D eigenvalue weighted by atomic mass is 35.5. The predicted octanol–water partition coefficient (Wildman–Crippen LogP) is 4.09. The molecule has 0 spiro atoms. The van der Waals surface area contributed by atoms with Crippen molar-refractivity contribution in [2.75, 3.05) is 31.1 Å². The molecule has 2 atom stereocenters. The second kappa shape index (κ2) is 11.3. The van der Waals surface area contributed by atoms with E-state index < -0.39 is 5.82 Å². The molecule has 3 heterocycles. The number of piperidine rings is 1. The lowest BCUT2D eigenvalue weighted by molar-refractivity contribution is -0.128. The molecule has 0 radical (unpaired) electrons. The van der Waals surface area contributed by atoms with Gasteiger partial charge in [-0.3, -0.25) is 19.5 Å². The third-order valence-electron chi connectivity index (χ3n) is 6.97. The van der Waals surface area contributed by atoms with E-state index in [4.69, 9.17) is 11.6 Å². The summed E-state index contributed by atoms with van der Waals surface area (Å²) >= 11 is 6.39. The van der Waals surface area contributed by atoms with Crippen molar-refractivity contribution in [3.8, 4) is 0 Å². The van der Waals surface area contributed by atoms with Gasteiger partial charge in [0.1, 0.15) is 5.82 Å². The molecule has 0 saturated carbocycles. The van der Waals surface area contributed by atoms with E-state index in [2.05, 4.69) is 34.4 Å². The Kier molecular flexibility index (Phi) is 8.31. The Morgan fingerprint density at radius 2 is 2.00 bits per heavy atom. The first-order chi connectivity index (χ1) is 17.5. The molecular formula is C28H35ClFN5O2. The fraction of sp³-hybridized carbons (Fsp3) is 0.464. The number of rotatable bonds is 6. The molecule has 2 fully saturated rings. The van der Waals surface area contributed by atoms with Crippen molar-refractivity contribution in [2.24, 2.45) is 11.8 Å². The second-order valence-corrected chi connectivity index (χ2v) is 11.2. The summed E-state index contributed by atoms with van der Waals surface area (Å²) in [6, 6.07) is 10.3. The van der Waals surface area contributed by atoms with Gasteiger partial charge in [-0.1, -0.05) is 43.7 Å². The van der Waals surface area contributed by atoms with Gasteiger partial charge in [-0.25, -0.2) is 4.39 Å². The highest BCUT2D eigenvalue weighted by Gasteiger charge is 2.44. The van der Waals surface area contributed by atoms with Gasteiger partial charge in [0.15, 0.2) is 0 Å². The normalized spacial score (nSPS) is 22.8. The van der Waals surface area contributed by atoms with E-state index in [-0.39, 0.29) is 41.8 Å². The number of anilines is 1. The van der Waals surface area contributed by atoms with Crippen molar-refractivity contribution in [3.05, 3.63) is 65.2 Å². The van der Waals surface area contributed by atoms with Crippen LogP contribution in [0.5, 0.6) is 0 Å². The molecule has 7 nitrogen and oxygen atoms in total. The third-order valence-corrected chi connectivity index (χ3v) is 7.29. The number of hydrogen-bond donors (Lipinski definition) is 2. The number of halogens is 2. The molecule has 0 aliphatic carbocycles. The lowest BCUT2D eigenvalue weighted by atomic mass is 9.88. The molecular weight excluding hydrogens is 493 g/mol. The molecule has 2 aliphatic heterocycles. The van der Waals surface area contributed by atoms with E-state index >= 15 is 0 Å². The molecule has 1 aromatic heterocycles. The Morgan fingerprint density at radius 1 is 1.24 bits per heavy atom. The number of aromatic nitrogens is 1. The Morgan fingerprint density at radius 3 is 2.68 bits per heavy atom. The van der Waals surface area contributed by atoms with Gasteiger partial charge >= 0.3 is 0 Å². The molecule has 198 valence electrons. The number of para-hydroxylation sites is 1. The number of carbonyl (C=O) groups is 2. The van der Waals surface area contributed by atoms with Gasteiger partial charge in [0.25, 0.3) is 0 Å². The monoisotopic (exact) mass is 527 g/mol. The molecule has 1 aromatic carbocycles. The molecule has 2 amide bonds. The van der Waals surface area contributed by atoms with Crippen molar-refractivity contribution in [1.29, 1.82) is 0 Å². The van der Waals surface area contributed by atoms with E-state index in [0.29, 0.717) is 42.5 Å². The van der Waals surface area contributed by atoms with Gasteiger partial charge in [-0.2, -0.15) is 0 Å². The minimum Gasteiger partial charge on any atom is -0.324 e. The first-order valence-electron chi connectivity index (χ1n) is 12.7.